The largest absolute Gasteiger partial charge is 0.322 e. The van der Waals surface area contributed by atoms with Crippen LogP contribution in [0.5, 0.6) is 0 Å². The third-order valence-electron chi connectivity index (χ3n) is 3.28. The molecule has 25 heavy (non-hydrogen) atoms. The van der Waals surface area contributed by atoms with Gasteiger partial charge in [0.05, 0.1) is 22.8 Å². The second-order valence-corrected chi connectivity index (χ2v) is 6.33. The first kappa shape index (κ1) is 19.2. The van der Waals surface area contributed by atoms with Gasteiger partial charge in [-0.25, -0.2) is 4.39 Å². The fourth-order valence-electron chi connectivity index (χ4n) is 2.15. The quantitative estimate of drug-likeness (QED) is 0.714. The molecule has 2 amide bonds. The molecule has 1 unspecified atom stereocenters. The number of quaternary nitrogens is 1. The maximum Gasteiger partial charge on any atom is 0.279 e. The molecule has 0 saturated heterocycles. The van der Waals surface area contributed by atoms with Crippen LogP contribution >= 0.6 is 23.2 Å². The van der Waals surface area contributed by atoms with E-state index < -0.39 is 5.82 Å². The van der Waals surface area contributed by atoms with Crippen LogP contribution in [0.2, 0.25) is 10.0 Å². The number of anilines is 2. The highest BCUT2D eigenvalue weighted by atomic mass is 35.5. The van der Waals surface area contributed by atoms with Crippen molar-refractivity contribution in [1.29, 1.82) is 0 Å². The number of carbonyl (C=O) groups is 2. The van der Waals surface area contributed by atoms with Gasteiger partial charge in [0.2, 0.25) is 0 Å². The Balaban J connectivity index is 1.83. The van der Waals surface area contributed by atoms with E-state index in [0.717, 1.165) is 0 Å². The second-order valence-electron chi connectivity index (χ2n) is 5.52. The van der Waals surface area contributed by atoms with Crippen molar-refractivity contribution in [2.45, 2.75) is 0 Å². The molecular weight excluding hydrogens is 368 g/mol. The first-order valence-electron chi connectivity index (χ1n) is 7.45. The lowest BCUT2D eigenvalue weighted by atomic mass is 10.3. The van der Waals surface area contributed by atoms with Crippen molar-refractivity contribution in [2.24, 2.45) is 0 Å². The first-order chi connectivity index (χ1) is 11.8. The van der Waals surface area contributed by atoms with E-state index in [9.17, 15) is 14.0 Å². The minimum Gasteiger partial charge on any atom is -0.322 e. The van der Waals surface area contributed by atoms with Gasteiger partial charge >= 0.3 is 0 Å². The van der Waals surface area contributed by atoms with E-state index in [1.54, 1.807) is 31.3 Å². The Kier molecular flexibility index (Phi) is 6.75. The number of carbonyl (C=O) groups excluding carboxylic acids is 2. The van der Waals surface area contributed by atoms with Crippen molar-refractivity contribution >= 4 is 46.4 Å². The topological polar surface area (TPSA) is 62.6 Å². The highest BCUT2D eigenvalue weighted by molar-refractivity contribution is 6.33. The van der Waals surface area contributed by atoms with Gasteiger partial charge in [-0.3, -0.25) is 9.59 Å². The van der Waals surface area contributed by atoms with E-state index in [-0.39, 0.29) is 29.9 Å². The van der Waals surface area contributed by atoms with Crippen molar-refractivity contribution in [3.63, 3.8) is 0 Å². The van der Waals surface area contributed by atoms with Crippen LogP contribution in [-0.4, -0.2) is 32.0 Å². The molecule has 8 heteroatoms. The zero-order chi connectivity index (χ0) is 18.4. The van der Waals surface area contributed by atoms with Crippen molar-refractivity contribution < 1.29 is 18.9 Å². The number of hydrogen-bond acceptors (Lipinski definition) is 2. The van der Waals surface area contributed by atoms with E-state index in [2.05, 4.69) is 10.6 Å². The van der Waals surface area contributed by atoms with E-state index >= 15 is 0 Å². The molecule has 0 bridgehead atoms. The molecule has 0 aliphatic heterocycles. The predicted molar refractivity (Wildman–Crippen MR) is 96.7 cm³/mol. The van der Waals surface area contributed by atoms with Crippen molar-refractivity contribution in [1.82, 2.24) is 0 Å². The average Bonchev–Trinajstić information content (AvgIpc) is 2.52. The lowest BCUT2D eigenvalue weighted by Crippen LogP contribution is -3.11. The Morgan fingerprint density at radius 1 is 1.00 bits per heavy atom. The number of benzene rings is 2. The van der Waals surface area contributed by atoms with Gasteiger partial charge in [-0.15, -0.1) is 0 Å². The zero-order valence-corrected chi connectivity index (χ0v) is 14.9. The van der Waals surface area contributed by atoms with Crippen LogP contribution in [0.15, 0.2) is 42.5 Å². The minimum absolute atomic E-state index is 0.0605. The molecule has 0 aromatic heterocycles. The summed E-state index contributed by atoms with van der Waals surface area (Å²) >= 11 is 11.6. The first-order valence-corrected chi connectivity index (χ1v) is 8.21. The smallest absolute Gasteiger partial charge is 0.279 e. The van der Waals surface area contributed by atoms with Gasteiger partial charge in [0.1, 0.15) is 5.82 Å². The summed E-state index contributed by atoms with van der Waals surface area (Å²) in [4.78, 5) is 24.7. The second kappa shape index (κ2) is 8.80. The summed E-state index contributed by atoms with van der Waals surface area (Å²) in [6, 6.07) is 10.8. The third kappa shape index (κ3) is 6.01. The van der Waals surface area contributed by atoms with Crippen LogP contribution in [0, 0.1) is 5.82 Å². The van der Waals surface area contributed by atoms with Gasteiger partial charge in [-0.05, 0) is 30.3 Å². The maximum absolute atomic E-state index is 13.1. The van der Waals surface area contributed by atoms with Crippen molar-refractivity contribution in [2.75, 3.05) is 30.8 Å². The molecule has 0 heterocycles. The molecule has 132 valence electrons. The van der Waals surface area contributed by atoms with Gasteiger partial charge in [0, 0.05) is 5.69 Å². The van der Waals surface area contributed by atoms with Gasteiger partial charge < -0.3 is 15.5 Å². The van der Waals surface area contributed by atoms with Crippen LogP contribution in [-0.2, 0) is 9.59 Å². The Bertz CT molecular complexity index is 786. The van der Waals surface area contributed by atoms with Gasteiger partial charge in [0.15, 0.2) is 13.1 Å². The average molecular weight is 385 g/mol. The highest BCUT2D eigenvalue weighted by Crippen LogP contribution is 2.20. The summed E-state index contributed by atoms with van der Waals surface area (Å²) in [7, 11) is 1.71. The molecule has 5 nitrogen and oxygen atoms in total. The molecule has 3 N–H and O–H groups in total. The molecule has 0 fully saturated rings. The number of nitrogens with one attached hydrogen (secondary N) is 3. The minimum atomic E-state index is -0.557. The SMILES string of the molecule is C[NH+](CC(=O)Nc1ccc(F)c(Cl)c1)CC(=O)Nc1ccccc1Cl. The fourth-order valence-corrected chi connectivity index (χ4v) is 2.51. The van der Waals surface area contributed by atoms with Crippen molar-refractivity contribution in [3.8, 4) is 0 Å². The number of amides is 2. The van der Waals surface area contributed by atoms with Crippen LogP contribution in [0.4, 0.5) is 15.8 Å². The molecule has 0 radical (unpaired) electrons. The van der Waals surface area contributed by atoms with Crippen LogP contribution < -0.4 is 15.5 Å². The summed E-state index contributed by atoms with van der Waals surface area (Å²) in [5.74, 6) is -1.13. The number of hydrogen-bond donors (Lipinski definition) is 3. The monoisotopic (exact) mass is 384 g/mol. The summed E-state index contributed by atoms with van der Waals surface area (Å²) in [6.07, 6.45) is 0. The molecule has 2 aromatic rings. The molecule has 2 aromatic carbocycles. The lowest BCUT2D eigenvalue weighted by molar-refractivity contribution is -0.862. The van der Waals surface area contributed by atoms with E-state index in [0.29, 0.717) is 21.3 Å². The molecule has 0 saturated carbocycles. The summed E-state index contributed by atoms with van der Waals surface area (Å²) in [5, 5.41) is 5.68. The fraction of sp³-hybridized carbons (Fsp3) is 0.176. The van der Waals surface area contributed by atoms with Gasteiger partial charge in [-0.2, -0.15) is 0 Å². The molecule has 1 atom stereocenters. The predicted octanol–water partition coefficient (Wildman–Crippen LogP) is 2.22. The van der Waals surface area contributed by atoms with E-state index in [4.69, 9.17) is 23.2 Å². The summed E-state index contributed by atoms with van der Waals surface area (Å²) in [6.45, 7) is 0.147. The van der Waals surface area contributed by atoms with Crippen LogP contribution in [0.1, 0.15) is 0 Å². The standard InChI is InChI=1S/C17H16Cl2FN3O2/c1-23(10-17(25)22-15-5-3-2-4-12(15)18)9-16(24)21-11-6-7-14(20)13(19)8-11/h2-8H,9-10H2,1H3,(H,21,24)(H,22,25)/p+1. The van der Waals surface area contributed by atoms with Crippen molar-refractivity contribution in [3.05, 3.63) is 58.3 Å². The summed E-state index contributed by atoms with van der Waals surface area (Å²) in [5.41, 5.74) is 0.914. The van der Waals surface area contributed by atoms with E-state index in [1.165, 1.54) is 18.2 Å². The number of likely N-dealkylation sites (N-methyl/N-ethyl adjacent to an activating group) is 1. The Hall–Kier alpha value is -2.15. The number of para-hydroxylation sites is 1. The van der Waals surface area contributed by atoms with Gasteiger partial charge in [-0.1, -0.05) is 35.3 Å². The highest BCUT2D eigenvalue weighted by Gasteiger charge is 2.15. The molecule has 0 aliphatic rings. The number of rotatable bonds is 6. The third-order valence-corrected chi connectivity index (χ3v) is 3.90. The zero-order valence-electron chi connectivity index (χ0n) is 13.4. The summed E-state index contributed by atoms with van der Waals surface area (Å²) < 4.78 is 13.1. The Morgan fingerprint density at radius 2 is 1.64 bits per heavy atom. The van der Waals surface area contributed by atoms with Crippen LogP contribution in [0.3, 0.4) is 0 Å². The maximum atomic E-state index is 13.1. The molecule has 0 aliphatic carbocycles. The molecule has 2 rings (SSSR count). The normalized spacial score (nSPS) is 11.7. The van der Waals surface area contributed by atoms with Crippen LogP contribution in [0.25, 0.3) is 0 Å². The lowest BCUT2D eigenvalue weighted by Gasteiger charge is -2.14. The number of halogens is 3. The van der Waals surface area contributed by atoms with Gasteiger partial charge in [0.25, 0.3) is 11.8 Å². The van der Waals surface area contributed by atoms with E-state index in [1.807, 2.05) is 0 Å². The molecular formula is C17H17Cl2FN3O2+. The Morgan fingerprint density at radius 3 is 2.28 bits per heavy atom. The Labute approximate surface area is 154 Å². The molecule has 0 spiro atoms.